The lowest BCUT2D eigenvalue weighted by atomic mass is 10.2. The van der Waals surface area contributed by atoms with E-state index in [0.717, 1.165) is 43.3 Å². The van der Waals surface area contributed by atoms with Gasteiger partial charge in [-0.25, -0.2) is 0 Å². The van der Waals surface area contributed by atoms with Crippen molar-refractivity contribution in [3.05, 3.63) is 64.7 Å². The second kappa shape index (κ2) is 9.39. The lowest BCUT2D eigenvalue weighted by Crippen LogP contribution is -3.13. The number of benzene rings is 2. The minimum absolute atomic E-state index is 0.477. The van der Waals surface area contributed by atoms with Crippen molar-refractivity contribution in [3.63, 3.8) is 0 Å². The summed E-state index contributed by atoms with van der Waals surface area (Å²) in [6.45, 7) is 4.08. The molecular formula is C20H22ClN3O3. The Bertz CT molecular complexity index is 805. The van der Waals surface area contributed by atoms with Gasteiger partial charge in [0.15, 0.2) is 0 Å². The van der Waals surface area contributed by atoms with Crippen LogP contribution in [0.15, 0.2) is 53.6 Å². The van der Waals surface area contributed by atoms with Crippen LogP contribution in [0, 0.1) is 0 Å². The summed E-state index contributed by atoms with van der Waals surface area (Å²) in [5.74, 6) is -0.771. The van der Waals surface area contributed by atoms with Crippen LogP contribution in [0.5, 0.6) is 5.75 Å². The number of carbonyl (C=O) groups is 1. The van der Waals surface area contributed by atoms with Crippen molar-refractivity contribution in [2.45, 2.75) is 6.54 Å². The highest BCUT2D eigenvalue weighted by Crippen LogP contribution is 2.16. The van der Waals surface area contributed by atoms with Crippen molar-refractivity contribution in [1.29, 1.82) is 0 Å². The summed E-state index contributed by atoms with van der Waals surface area (Å²) < 4.78 is 5.24. The fraction of sp³-hybridized carbons (Fsp3) is 0.300. The Hall–Kier alpha value is -2.57. The number of quaternary nitrogens is 1. The van der Waals surface area contributed by atoms with Crippen molar-refractivity contribution in [3.8, 4) is 5.75 Å². The third-order valence-electron chi connectivity index (χ3n) is 4.47. The molecule has 2 aromatic rings. The highest BCUT2D eigenvalue weighted by molar-refractivity contribution is 6.31. The predicted molar refractivity (Wildman–Crippen MR) is 102 cm³/mol. The molecule has 0 saturated carbocycles. The van der Waals surface area contributed by atoms with E-state index in [0.29, 0.717) is 5.75 Å². The van der Waals surface area contributed by atoms with Gasteiger partial charge in [-0.15, -0.1) is 0 Å². The number of nitrogens with one attached hydrogen (secondary N) is 1. The van der Waals surface area contributed by atoms with Crippen LogP contribution in [0.1, 0.15) is 11.1 Å². The van der Waals surface area contributed by atoms with Crippen molar-refractivity contribution >= 4 is 23.8 Å². The molecule has 2 aromatic carbocycles. The van der Waals surface area contributed by atoms with Crippen molar-refractivity contribution in [2.24, 2.45) is 5.10 Å². The number of carboxylic acids is 1. The highest BCUT2D eigenvalue weighted by Gasteiger charge is 2.19. The van der Waals surface area contributed by atoms with E-state index in [1.54, 1.807) is 18.3 Å². The quantitative estimate of drug-likeness (QED) is 0.689. The molecule has 27 heavy (non-hydrogen) atoms. The highest BCUT2D eigenvalue weighted by atomic mass is 35.5. The number of para-hydroxylation sites is 1. The zero-order chi connectivity index (χ0) is 19.1. The third-order valence-corrected chi connectivity index (χ3v) is 4.84. The molecule has 0 radical (unpaired) electrons. The van der Waals surface area contributed by atoms with Gasteiger partial charge in [0.05, 0.1) is 38.4 Å². The van der Waals surface area contributed by atoms with Crippen LogP contribution in [0.4, 0.5) is 0 Å². The standard InChI is InChI=1S/C20H22ClN3O3/c21-18-7-3-1-6-17(18)14-23-9-11-24(12-10-23)22-13-16-5-2-4-8-19(16)27-15-20(25)26/h1-8,13H,9-12,14-15H2,(H,25,26)/b22-13-. The van der Waals surface area contributed by atoms with Gasteiger partial charge in [0, 0.05) is 16.1 Å². The van der Waals surface area contributed by atoms with Crippen molar-refractivity contribution in [1.82, 2.24) is 5.01 Å². The zero-order valence-corrected chi connectivity index (χ0v) is 15.7. The van der Waals surface area contributed by atoms with Gasteiger partial charge in [0.2, 0.25) is 0 Å². The first kappa shape index (κ1) is 19.2. The van der Waals surface area contributed by atoms with Crippen LogP contribution in [0.3, 0.4) is 0 Å². The summed E-state index contributed by atoms with van der Waals surface area (Å²) in [6, 6.07) is 15.2. The van der Waals surface area contributed by atoms with E-state index in [-0.39, 0.29) is 0 Å². The van der Waals surface area contributed by atoms with Gasteiger partial charge in [0.1, 0.15) is 18.9 Å². The number of ether oxygens (including phenoxy) is 1. The van der Waals surface area contributed by atoms with Gasteiger partial charge < -0.3 is 19.5 Å². The Balaban J connectivity index is 1.53. The lowest BCUT2D eigenvalue weighted by Gasteiger charge is -2.30. The van der Waals surface area contributed by atoms with Crippen molar-refractivity contribution < 1.29 is 19.5 Å². The summed E-state index contributed by atoms with van der Waals surface area (Å²) in [6.07, 6.45) is 1.71. The molecule has 0 aromatic heterocycles. The minimum atomic E-state index is -1.25. The molecular weight excluding hydrogens is 366 g/mol. The monoisotopic (exact) mass is 387 g/mol. The number of aliphatic carboxylic acids is 1. The Kier molecular flexibility index (Phi) is 6.68. The van der Waals surface area contributed by atoms with E-state index in [4.69, 9.17) is 16.3 Å². The van der Waals surface area contributed by atoms with E-state index in [9.17, 15) is 9.90 Å². The summed E-state index contributed by atoms with van der Waals surface area (Å²) in [4.78, 5) is 12.1. The maximum Gasteiger partial charge on any atom is 0.128 e. The van der Waals surface area contributed by atoms with E-state index in [1.165, 1.54) is 10.5 Å². The molecule has 6 nitrogen and oxygen atoms in total. The number of hydrogen-bond donors (Lipinski definition) is 1. The second-order valence-electron chi connectivity index (χ2n) is 6.41. The van der Waals surface area contributed by atoms with Gasteiger partial charge in [-0.3, -0.25) is 5.01 Å². The van der Waals surface area contributed by atoms with Gasteiger partial charge >= 0.3 is 0 Å². The molecule has 0 bridgehead atoms. The maximum absolute atomic E-state index is 10.6. The Morgan fingerprint density at radius 2 is 1.89 bits per heavy atom. The lowest BCUT2D eigenvalue weighted by molar-refractivity contribution is -0.918. The zero-order valence-electron chi connectivity index (χ0n) is 14.9. The predicted octanol–water partition coefficient (Wildman–Crippen LogP) is 0.203. The summed E-state index contributed by atoms with van der Waals surface area (Å²) in [7, 11) is 0. The van der Waals surface area contributed by atoms with E-state index >= 15 is 0 Å². The van der Waals surface area contributed by atoms with Gasteiger partial charge in [0.25, 0.3) is 0 Å². The molecule has 1 aliphatic rings. The molecule has 0 amide bonds. The number of hydrogen-bond acceptors (Lipinski definition) is 5. The molecule has 0 unspecified atom stereocenters. The fourth-order valence-corrected chi connectivity index (χ4v) is 3.22. The average Bonchev–Trinajstić information content (AvgIpc) is 2.68. The number of carbonyl (C=O) groups excluding carboxylic acids is 1. The maximum atomic E-state index is 10.6. The number of carboxylic acid groups (broad SMARTS) is 1. The molecule has 0 atom stereocenters. The molecule has 3 rings (SSSR count). The number of halogens is 1. The topological polar surface area (TPSA) is 69.4 Å². The van der Waals surface area contributed by atoms with Crippen LogP contribution in [-0.4, -0.2) is 50.0 Å². The van der Waals surface area contributed by atoms with Crippen LogP contribution >= 0.6 is 11.6 Å². The Morgan fingerprint density at radius 1 is 1.19 bits per heavy atom. The van der Waals surface area contributed by atoms with Crippen LogP contribution in [-0.2, 0) is 11.3 Å². The van der Waals surface area contributed by atoms with Crippen LogP contribution in [0.2, 0.25) is 5.02 Å². The number of rotatable bonds is 7. The summed E-state index contributed by atoms with van der Waals surface area (Å²) >= 11 is 6.25. The molecule has 1 fully saturated rings. The van der Waals surface area contributed by atoms with E-state index in [2.05, 4.69) is 11.2 Å². The van der Waals surface area contributed by atoms with E-state index in [1.807, 2.05) is 35.3 Å². The Morgan fingerprint density at radius 3 is 2.63 bits per heavy atom. The number of hydrazone groups is 1. The first-order valence-electron chi connectivity index (χ1n) is 8.89. The minimum Gasteiger partial charge on any atom is -0.546 e. The van der Waals surface area contributed by atoms with Crippen LogP contribution < -0.4 is 14.7 Å². The van der Waals surface area contributed by atoms with Gasteiger partial charge in [-0.2, -0.15) is 5.10 Å². The second-order valence-corrected chi connectivity index (χ2v) is 6.82. The number of nitrogens with zero attached hydrogens (tertiary/aromatic N) is 2. The molecule has 1 saturated heterocycles. The average molecular weight is 388 g/mol. The number of piperazine rings is 1. The first-order valence-corrected chi connectivity index (χ1v) is 9.27. The van der Waals surface area contributed by atoms with Gasteiger partial charge in [-0.1, -0.05) is 41.9 Å². The summed E-state index contributed by atoms with van der Waals surface area (Å²) in [5.41, 5.74) is 1.91. The molecule has 7 heteroatoms. The summed E-state index contributed by atoms with van der Waals surface area (Å²) in [5, 5.41) is 17.9. The largest absolute Gasteiger partial charge is 0.546 e. The third kappa shape index (κ3) is 5.70. The van der Waals surface area contributed by atoms with Crippen LogP contribution in [0.25, 0.3) is 0 Å². The van der Waals surface area contributed by atoms with Gasteiger partial charge in [-0.05, 0) is 18.2 Å². The Labute approximate surface area is 163 Å². The molecule has 1 heterocycles. The van der Waals surface area contributed by atoms with E-state index < -0.39 is 12.6 Å². The van der Waals surface area contributed by atoms with Crippen molar-refractivity contribution in [2.75, 3.05) is 32.8 Å². The fourth-order valence-electron chi connectivity index (χ4n) is 3.01. The molecule has 0 aliphatic carbocycles. The normalized spacial score (nSPS) is 15.2. The molecule has 1 N–H and O–H groups in total. The first-order chi connectivity index (χ1) is 13.1. The molecule has 142 valence electrons. The molecule has 0 spiro atoms. The molecule has 1 aliphatic heterocycles. The smallest absolute Gasteiger partial charge is 0.128 e. The SMILES string of the molecule is O=C([O-])COc1ccccc1/C=N\N1CC[NH+](Cc2ccccc2Cl)CC1.